The number of hydrogen-bond donors (Lipinski definition) is 2. The van der Waals surface area contributed by atoms with Crippen molar-refractivity contribution in [1.82, 2.24) is 10.2 Å². The molecule has 6 heteroatoms. The van der Waals surface area contributed by atoms with Gasteiger partial charge in [0, 0.05) is 25.0 Å². The highest BCUT2D eigenvalue weighted by Crippen LogP contribution is 2.47. The predicted octanol–water partition coefficient (Wildman–Crippen LogP) is 1.25. The summed E-state index contributed by atoms with van der Waals surface area (Å²) in [6, 6.07) is 0.133. The maximum absolute atomic E-state index is 12.3. The van der Waals surface area contributed by atoms with Crippen LogP contribution in [0.15, 0.2) is 0 Å². The highest BCUT2D eigenvalue weighted by molar-refractivity contribution is 6.04. The molecule has 2 amide bonds. The third-order valence-corrected chi connectivity index (χ3v) is 5.09. The van der Waals surface area contributed by atoms with E-state index in [0.717, 1.165) is 0 Å². The molecule has 0 aromatic carbocycles. The lowest BCUT2D eigenvalue weighted by atomic mass is 9.93. The van der Waals surface area contributed by atoms with E-state index in [1.165, 1.54) is 0 Å². The number of carboxylic acids is 1. The molecule has 1 aliphatic heterocycles. The van der Waals surface area contributed by atoms with Crippen LogP contribution in [-0.2, 0) is 14.4 Å². The van der Waals surface area contributed by atoms with Crippen molar-refractivity contribution in [2.45, 2.75) is 52.5 Å². The van der Waals surface area contributed by atoms with Gasteiger partial charge >= 0.3 is 5.97 Å². The Morgan fingerprint density at radius 3 is 2.09 bits per heavy atom. The second kappa shape index (κ2) is 6.26. The van der Waals surface area contributed by atoms with Crippen LogP contribution in [0.25, 0.3) is 0 Å². The summed E-state index contributed by atoms with van der Waals surface area (Å²) in [7, 11) is 0. The van der Waals surface area contributed by atoms with Gasteiger partial charge in [-0.3, -0.25) is 14.4 Å². The van der Waals surface area contributed by atoms with E-state index in [1.54, 1.807) is 4.90 Å². The maximum Gasteiger partial charge on any atom is 0.319 e. The zero-order valence-electron chi connectivity index (χ0n) is 13.6. The number of piperidine rings is 1. The van der Waals surface area contributed by atoms with E-state index < -0.39 is 11.4 Å². The van der Waals surface area contributed by atoms with Crippen molar-refractivity contribution in [3.63, 3.8) is 0 Å². The Kier molecular flexibility index (Phi) is 4.78. The van der Waals surface area contributed by atoms with Gasteiger partial charge in [-0.2, -0.15) is 0 Å². The van der Waals surface area contributed by atoms with Gasteiger partial charge in [0.15, 0.2) is 0 Å². The number of likely N-dealkylation sites (tertiary alicyclic amines) is 1. The summed E-state index contributed by atoms with van der Waals surface area (Å²) in [6.45, 7) is 7.06. The Labute approximate surface area is 131 Å². The molecule has 1 saturated carbocycles. The molecule has 22 heavy (non-hydrogen) atoms. The molecule has 1 aliphatic carbocycles. The maximum atomic E-state index is 12.3. The molecule has 2 fully saturated rings. The number of hydrogen-bond acceptors (Lipinski definition) is 3. The van der Waals surface area contributed by atoms with E-state index in [-0.39, 0.29) is 23.8 Å². The van der Waals surface area contributed by atoms with Gasteiger partial charge in [0.25, 0.3) is 0 Å². The summed E-state index contributed by atoms with van der Waals surface area (Å²) in [6.07, 6.45) is 2.09. The number of carbonyl (C=O) groups is 3. The molecule has 0 bridgehead atoms. The van der Waals surface area contributed by atoms with E-state index in [1.807, 2.05) is 6.92 Å². The minimum Gasteiger partial charge on any atom is -0.480 e. The van der Waals surface area contributed by atoms with Gasteiger partial charge in [0.1, 0.15) is 5.41 Å². The SMILES string of the molecule is CC(C)C(C)NC(=O)C1CCN(C(=O)C2(C(=O)O)CC2)CC1. The largest absolute Gasteiger partial charge is 0.480 e. The van der Waals surface area contributed by atoms with Crippen LogP contribution < -0.4 is 5.32 Å². The van der Waals surface area contributed by atoms with Crippen molar-refractivity contribution < 1.29 is 19.5 Å². The summed E-state index contributed by atoms with van der Waals surface area (Å²) in [5, 5.41) is 12.2. The molecule has 6 nitrogen and oxygen atoms in total. The van der Waals surface area contributed by atoms with Gasteiger partial charge in [0.05, 0.1) is 0 Å². The summed E-state index contributed by atoms with van der Waals surface area (Å²) >= 11 is 0. The highest BCUT2D eigenvalue weighted by atomic mass is 16.4. The Bertz CT molecular complexity index is 463. The van der Waals surface area contributed by atoms with Crippen molar-refractivity contribution in [2.24, 2.45) is 17.3 Å². The molecule has 0 spiro atoms. The minimum absolute atomic E-state index is 0.0488. The van der Waals surface area contributed by atoms with Crippen LogP contribution in [0.4, 0.5) is 0 Å². The fourth-order valence-corrected chi connectivity index (χ4v) is 2.80. The first kappa shape index (κ1) is 16.8. The van der Waals surface area contributed by atoms with E-state index in [2.05, 4.69) is 19.2 Å². The molecular weight excluding hydrogens is 284 g/mol. The molecule has 0 aromatic heterocycles. The summed E-state index contributed by atoms with van der Waals surface area (Å²) in [5.74, 6) is -0.925. The quantitative estimate of drug-likeness (QED) is 0.748. The van der Waals surface area contributed by atoms with Gasteiger partial charge in [-0.05, 0) is 38.5 Å². The van der Waals surface area contributed by atoms with Crippen LogP contribution in [0.1, 0.15) is 46.5 Å². The van der Waals surface area contributed by atoms with E-state index >= 15 is 0 Å². The number of rotatable bonds is 5. The number of nitrogens with one attached hydrogen (secondary N) is 1. The van der Waals surface area contributed by atoms with Crippen molar-refractivity contribution in [3.05, 3.63) is 0 Å². The van der Waals surface area contributed by atoms with Gasteiger partial charge < -0.3 is 15.3 Å². The third-order valence-electron chi connectivity index (χ3n) is 5.09. The molecule has 124 valence electrons. The standard InChI is InChI=1S/C16H26N2O4/c1-10(2)11(3)17-13(19)12-4-8-18(9-5-12)14(20)16(6-7-16)15(21)22/h10-12H,4-9H2,1-3H3,(H,17,19)(H,21,22). The molecule has 0 aromatic rings. The van der Waals surface area contributed by atoms with Crippen LogP contribution in [0.3, 0.4) is 0 Å². The molecule has 0 radical (unpaired) electrons. The van der Waals surface area contributed by atoms with Crippen LogP contribution in [-0.4, -0.2) is 46.9 Å². The Hall–Kier alpha value is -1.59. The van der Waals surface area contributed by atoms with Crippen molar-refractivity contribution in [3.8, 4) is 0 Å². The summed E-state index contributed by atoms with van der Waals surface area (Å²) in [4.78, 5) is 37.3. The van der Waals surface area contributed by atoms with Crippen molar-refractivity contribution in [2.75, 3.05) is 13.1 Å². The third kappa shape index (κ3) is 3.25. The number of carboxylic acid groups (broad SMARTS) is 1. The molecular formula is C16H26N2O4. The van der Waals surface area contributed by atoms with Crippen LogP contribution in [0.5, 0.6) is 0 Å². The Balaban J connectivity index is 1.84. The first-order valence-corrected chi connectivity index (χ1v) is 8.11. The molecule has 2 aliphatic rings. The van der Waals surface area contributed by atoms with Crippen LogP contribution in [0.2, 0.25) is 0 Å². The topological polar surface area (TPSA) is 86.7 Å². The average Bonchev–Trinajstić information content (AvgIpc) is 3.28. The number of carbonyl (C=O) groups excluding carboxylic acids is 2. The summed E-state index contributed by atoms with van der Waals surface area (Å²) < 4.78 is 0. The fraction of sp³-hybridized carbons (Fsp3) is 0.812. The smallest absolute Gasteiger partial charge is 0.319 e. The molecule has 1 saturated heterocycles. The Morgan fingerprint density at radius 1 is 1.14 bits per heavy atom. The van der Waals surface area contributed by atoms with Gasteiger partial charge in [0.2, 0.25) is 11.8 Å². The van der Waals surface area contributed by atoms with Gasteiger partial charge in [-0.15, -0.1) is 0 Å². The summed E-state index contributed by atoms with van der Waals surface area (Å²) in [5.41, 5.74) is -1.17. The van der Waals surface area contributed by atoms with E-state index in [9.17, 15) is 19.5 Å². The molecule has 2 N–H and O–H groups in total. The number of amides is 2. The van der Waals surface area contributed by atoms with Crippen molar-refractivity contribution in [1.29, 1.82) is 0 Å². The molecule has 1 unspecified atom stereocenters. The second-order valence-electron chi connectivity index (χ2n) is 7.00. The van der Waals surface area contributed by atoms with E-state index in [4.69, 9.17) is 0 Å². The fourth-order valence-electron chi connectivity index (χ4n) is 2.80. The molecule has 1 heterocycles. The molecule has 2 rings (SSSR count). The predicted molar refractivity (Wildman–Crippen MR) is 81.0 cm³/mol. The lowest BCUT2D eigenvalue weighted by Gasteiger charge is -2.33. The number of nitrogens with zero attached hydrogens (tertiary/aromatic N) is 1. The minimum atomic E-state index is -1.17. The second-order valence-corrected chi connectivity index (χ2v) is 7.00. The van der Waals surface area contributed by atoms with Crippen LogP contribution in [0, 0.1) is 17.3 Å². The van der Waals surface area contributed by atoms with E-state index in [0.29, 0.717) is 44.7 Å². The first-order chi connectivity index (χ1) is 10.3. The Morgan fingerprint density at radius 2 is 1.68 bits per heavy atom. The lowest BCUT2D eigenvalue weighted by Crippen LogP contribution is -2.48. The van der Waals surface area contributed by atoms with Crippen LogP contribution >= 0.6 is 0 Å². The van der Waals surface area contributed by atoms with Gasteiger partial charge in [-0.1, -0.05) is 13.8 Å². The lowest BCUT2D eigenvalue weighted by molar-refractivity contribution is -0.154. The van der Waals surface area contributed by atoms with Crippen molar-refractivity contribution >= 4 is 17.8 Å². The first-order valence-electron chi connectivity index (χ1n) is 8.11. The normalized spacial score (nSPS) is 22.3. The zero-order valence-corrected chi connectivity index (χ0v) is 13.6. The number of aliphatic carboxylic acids is 1. The monoisotopic (exact) mass is 310 g/mol. The average molecular weight is 310 g/mol. The zero-order chi connectivity index (χ0) is 16.5. The van der Waals surface area contributed by atoms with Gasteiger partial charge in [-0.25, -0.2) is 0 Å². The molecule has 1 atom stereocenters. The highest BCUT2D eigenvalue weighted by Gasteiger charge is 2.58.